The van der Waals surface area contributed by atoms with Gasteiger partial charge in [-0.15, -0.1) is 0 Å². The molecule has 0 aliphatic rings. The lowest BCUT2D eigenvalue weighted by Gasteiger charge is -2.05. The average molecular weight is 249 g/mol. The van der Waals surface area contributed by atoms with E-state index in [1.165, 1.54) is 0 Å². The molecule has 0 amide bonds. The summed E-state index contributed by atoms with van der Waals surface area (Å²) in [5.74, 6) is -0.760. The van der Waals surface area contributed by atoms with E-state index in [2.05, 4.69) is 9.84 Å². The van der Waals surface area contributed by atoms with E-state index < -0.39 is 36.0 Å². The molecule has 0 bridgehead atoms. The Morgan fingerprint density at radius 2 is 2.35 bits per heavy atom. The Morgan fingerprint density at radius 1 is 1.71 bits per heavy atom. The van der Waals surface area contributed by atoms with Crippen LogP contribution in [-0.2, 0) is 22.5 Å². The largest absolute Gasteiger partial charge is 0.469 e. The van der Waals surface area contributed by atoms with Crippen LogP contribution in [0, 0.1) is 10.1 Å². The zero-order valence-electron chi connectivity index (χ0n) is 8.80. The molecule has 9 heteroatoms. The maximum Gasteiger partial charge on any atom is 0.311 e. The van der Waals surface area contributed by atoms with Crippen LogP contribution in [0.25, 0.3) is 0 Å². The molecule has 1 rings (SSSR count). The van der Waals surface area contributed by atoms with Crippen molar-refractivity contribution in [2.24, 2.45) is 0 Å². The summed E-state index contributed by atoms with van der Waals surface area (Å²) in [5.41, 5.74) is -0.668. The summed E-state index contributed by atoms with van der Waals surface area (Å²) >= 11 is 0. The van der Waals surface area contributed by atoms with Crippen LogP contribution in [0.2, 0.25) is 0 Å². The number of nitrogens with zero attached hydrogens (tertiary/aromatic N) is 3. The van der Waals surface area contributed by atoms with Crippen LogP contribution in [-0.4, -0.2) is 34.2 Å². The van der Waals surface area contributed by atoms with Crippen LogP contribution in [0.4, 0.5) is 14.5 Å². The SMILES string of the molecule is COC(=O)Cc1c([N+](=O)[O-])cnn1CC(F)F. The molecule has 0 saturated carbocycles. The van der Waals surface area contributed by atoms with E-state index in [1.54, 1.807) is 0 Å². The molecule has 0 saturated heterocycles. The van der Waals surface area contributed by atoms with Gasteiger partial charge in [-0.1, -0.05) is 0 Å². The van der Waals surface area contributed by atoms with Gasteiger partial charge < -0.3 is 4.74 Å². The third-order valence-corrected chi connectivity index (χ3v) is 1.97. The highest BCUT2D eigenvalue weighted by Gasteiger charge is 2.24. The molecule has 0 N–H and O–H groups in total. The minimum atomic E-state index is -2.72. The fourth-order valence-electron chi connectivity index (χ4n) is 1.23. The average Bonchev–Trinajstić information content (AvgIpc) is 2.60. The number of nitro groups is 1. The van der Waals surface area contributed by atoms with Gasteiger partial charge in [0.15, 0.2) is 0 Å². The van der Waals surface area contributed by atoms with Crippen LogP contribution in [0.5, 0.6) is 0 Å². The quantitative estimate of drug-likeness (QED) is 0.437. The summed E-state index contributed by atoms with van der Waals surface area (Å²) < 4.78 is 29.4. The monoisotopic (exact) mass is 249 g/mol. The first-order valence-electron chi connectivity index (χ1n) is 4.49. The number of alkyl halides is 2. The van der Waals surface area contributed by atoms with Gasteiger partial charge in [-0.2, -0.15) is 5.10 Å². The number of esters is 1. The molecule has 0 unspecified atom stereocenters. The molecule has 0 fully saturated rings. The van der Waals surface area contributed by atoms with Crippen LogP contribution in [0.15, 0.2) is 6.20 Å². The molecular formula is C8H9F2N3O4. The van der Waals surface area contributed by atoms with Crippen molar-refractivity contribution < 1.29 is 23.2 Å². The minimum Gasteiger partial charge on any atom is -0.469 e. The van der Waals surface area contributed by atoms with Crippen molar-refractivity contribution in [1.29, 1.82) is 0 Å². The summed E-state index contributed by atoms with van der Waals surface area (Å²) in [7, 11) is 1.10. The molecule has 0 aliphatic heterocycles. The lowest BCUT2D eigenvalue weighted by molar-refractivity contribution is -0.385. The second kappa shape index (κ2) is 5.32. The highest BCUT2D eigenvalue weighted by Crippen LogP contribution is 2.19. The molecule has 94 valence electrons. The van der Waals surface area contributed by atoms with E-state index in [-0.39, 0.29) is 5.69 Å². The first-order valence-corrected chi connectivity index (χ1v) is 4.49. The molecule has 1 heterocycles. The van der Waals surface area contributed by atoms with Gasteiger partial charge in [0, 0.05) is 0 Å². The highest BCUT2D eigenvalue weighted by molar-refractivity contribution is 5.73. The van der Waals surface area contributed by atoms with E-state index in [0.29, 0.717) is 0 Å². The minimum absolute atomic E-state index is 0.192. The van der Waals surface area contributed by atoms with Crippen molar-refractivity contribution in [2.75, 3.05) is 7.11 Å². The molecule has 0 aliphatic carbocycles. The standard InChI is InChI=1S/C8H9F2N3O4/c1-17-8(14)2-5-6(13(15)16)3-11-12(5)4-7(9)10/h3,7H,2,4H2,1H3. The van der Waals surface area contributed by atoms with Crippen LogP contribution in [0.1, 0.15) is 5.69 Å². The van der Waals surface area contributed by atoms with E-state index in [9.17, 15) is 23.7 Å². The number of halogens is 2. The van der Waals surface area contributed by atoms with Gasteiger partial charge in [-0.3, -0.25) is 19.6 Å². The van der Waals surface area contributed by atoms with Gasteiger partial charge in [0.05, 0.1) is 18.5 Å². The fourth-order valence-corrected chi connectivity index (χ4v) is 1.23. The van der Waals surface area contributed by atoms with Gasteiger partial charge in [0.2, 0.25) is 0 Å². The number of rotatable bonds is 5. The van der Waals surface area contributed by atoms with Crippen molar-refractivity contribution in [3.8, 4) is 0 Å². The number of aromatic nitrogens is 2. The molecule has 1 aromatic rings. The first-order chi connectivity index (χ1) is 7.95. The highest BCUT2D eigenvalue weighted by atomic mass is 19.3. The smallest absolute Gasteiger partial charge is 0.311 e. The van der Waals surface area contributed by atoms with E-state index in [0.717, 1.165) is 18.0 Å². The molecule has 1 aromatic heterocycles. The molecule has 0 spiro atoms. The number of methoxy groups -OCH3 is 1. The predicted octanol–water partition coefficient (Wildman–Crippen LogP) is 0.772. The molecule has 17 heavy (non-hydrogen) atoms. The zero-order chi connectivity index (χ0) is 13.0. The van der Waals surface area contributed by atoms with Gasteiger partial charge in [-0.25, -0.2) is 8.78 Å². The Balaban J connectivity index is 3.05. The van der Waals surface area contributed by atoms with Crippen LogP contribution >= 0.6 is 0 Å². The number of hydrogen-bond donors (Lipinski definition) is 0. The van der Waals surface area contributed by atoms with Gasteiger partial charge in [0.25, 0.3) is 6.43 Å². The van der Waals surface area contributed by atoms with Crippen molar-refractivity contribution in [2.45, 2.75) is 19.4 Å². The second-order valence-electron chi connectivity index (χ2n) is 3.06. The predicted molar refractivity (Wildman–Crippen MR) is 50.6 cm³/mol. The third-order valence-electron chi connectivity index (χ3n) is 1.97. The molecular weight excluding hydrogens is 240 g/mol. The summed E-state index contributed by atoms with van der Waals surface area (Å²) in [4.78, 5) is 20.8. The molecule has 0 aromatic carbocycles. The molecule has 0 atom stereocenters. The zero-order valence-corrected chi connectivity index (χ0v) is 8.80. The second-order valence-corrected chi connectivity index (χ2v) is 3.06. The normalized spacial score (nSPS) is 10.6. The lowest BCUT2D eigenvalue weighted by atomic mass is 10.3. The number of carbonyl (C=O) groups is 1. The molecule has 0 radical (unpaired) electrons. The van der Waals surface area contributed by atoms with Crippen molar-refractivity contribution in [1.82, 2.24) is 9.78 Å². The maximum atomic E-state index is 12.2. The Labute approximate surface area is 94.1 Å². The molecule has 7 nitrogen and oxygen atoms in total. The van der Waals surface area contributed by atoms with Crippen molar-refractivity contribution >= 4 is 11.7 Å². The Bertz CT molecular complexity index is 432. The summed E-state index contributed by atoms with van der Waals surface area (Å²) in [6, 6.07) is 0. The van der Waals surface area contributed by atoms with Crippen LogP contribution < -0.4 is 0 Å². The number of hydrogen-bond acceptors (Lipinski definition) is 5. The topological polar surface area (TPSA) is 87.3 Å². The Morgan fingerprint density at radius 3 is 2.82 bits per heavy atom. The number of ether oxygens (including phenoxy) is 1. The van der Waals surface area contributed by atoms with Gasteiger partial charge in [-0.05, 0) is 0 Å². The lowest BCUT2D eigenvalue weighted by Crippen LogP contribution is -2.15. The summed E-state index contributed by atoms with van der Waals surface area (Å²) in [6.45, 7) is -0.805. The van der Waals surface area contributed by atoms with E-state index in [4.69, 9.17) is 0 Å². The van der Waals surface area contributed by atoms with E-state index in [1.807, 2.05) is 0 Å². The first kappa shape index (κ1) is 13.0. The fraction of sp³-hybridized carbons (Fsp3) is 0.500. The summed E-state index contributed by atoms with van der Waals surface area (Å²) in [5, 5.41) is 14.1. The van der Waals surface area contributed by atoms with Crippen molar-refractivity contribution in [3.05, 3.63) is 22.0 Å². The summed E-state index contributed by atoms with van der Waals surface area (Å²) in [6.07, 6.45) is -2.36. The van der Waals surface area contributed by atoms with E-state index >= 15 is 0 Å². The maximum absolute atomic E-state index is 12.2. The Hall–Kier alpha value is -2.06. The van der Waals surface area contributed by atoms with Crippen molar-refractivity contribution in [3.63, 3.8) is 0 Å². The van der Waals surface area contributed by atoms with Gasteiger partial charge >= 0.3 is 11.7 Å². The van der Waals surface area contributed by atoms with Crippen LogP contribution in [0.3, 0.4) is 0 Å². The van der Waals surface area contributed by atoms with Gasteiger partial charge in [0.1, 0.15) is 18.4 Å². The Kier molecular flexibility index (Phi) is 4.07. The third kappa shape index (κ3) is 3.20. The number of carbonyl (C=O) groups excluding carboxylic acids is 1.